The maximum absolute atomic E-state index is 13.8. The predicted octanol–water partition coefficient (Wildman–Crippen LogP) is 1.19. The molecule has 1 aromatic carbocycles. The highest BCUT2D eigenvalue weighted by Crippen LogP contribution is 2.14. The lowest BCUT2D eigenvalue weighted by Gasteiger charge is -2.27. The smallest absolute Gasteiger partial charge is 0.326 e. The Morgan fingerprint density at radius 1 is 1.36 bits per heavy atom. The van der Waals surface area contributed by atoms with Gasteiger partial charge in [0.1, 0.15) is 11.9 Å². The fraction of sp³-hybridized carbons (Fsp3) is 0.400. The average Bonchev–Trinajstić information content (AvgIpc) is 2.44. The molecule has 6 nitrogen and oxygen atoms in total. The highest BCUT2D eigenvalue weighted by Gasteiger charge is 2.27. The molecular weight excluding hydrogens is 291 g/mol. The molecule has 1 rings (SSSR count). The summed E-state index contributed by atoms with van der Waals surface area (Å²) in [7, 11) is 0. The topological polar surface area (TPSA) is 86.7 Å². The van der Waals surface area contributed by atoms with Gasteiger partial charge in [-0.3, -0.25) is 9.59 Å². The van der Waals surface area contributed by atoms with E-state index in [0.717, 1.165) is 4.90 Å². The van der Waals surface area contributed by atoms with Crippen molar-refractivity contribution >= 4 is 17.8 Å². The molecule has 1 atom stereocenters. The Hall–Kier alpha value is -2.44. The van der Waals surface area contributed by atoms with Crippen molar-refractivity contribution in [3.8, 4) is 0 Å². The number of nitrogens with zero attached hydrogens (tertiary/aromatic N) is 1. The van der Waals surface area contributed by atoms with E-state index >= 15 is 0 Å². The third-order valence-electron chi connectivity index (χ3n) is 3.16. The lowest BCUT2D eigenvalue weighted by atomic mass is 10.1. The summed E-state index contributed by atoms with van der Waals surface area (Å²) in [5.74, 6) is -2.93. The van der Waals surface area contributed by atoms with Crippen LogP contribution in [0.2, 0.25) is 0 Å². The zero-order chi connectivity index (χ0) is 16.9. The molecule has 0 saturated heterocycles. The van der Waals surface area contributed by atoms with Gasteiger partial charge in [-0.15, -0.1) is 0 Å². The standard InChI is InChI=1S/C15H19FN2O4/c1-9-4-5-13(16)12(8-9)14(20)18(10(2)15(21)22)7-6-17-11(3)19/h4-5,8,10H,6-7H2,1-3H3,(H,17,19)(H,21,22). The van der Waals surface area contributed by atoms with E-state index in [4.69, 9.17) is 5.11 Å². The molecule has 2 amide bonds. The van der Waals surface area contributed by atoms with E-state index in [0.29, 0.717) is 5.56 Å². The van der Waals surface area contributed by atoms with Crippen LogP contribution in [-0.4, -0.2) is 46.9 Å². The number of carbonyl (C=O) groups excluding carboxylic acids is 2. The lowest BCUT2D eigenvalue weighted by molar-refractivity contribution is -0.141. The third-order valence-corrected chi connectivity index (χ3v) is 3.16. The molecule has 1 aromatic rings. The van der Waals surface area contributed by atoms with Crippen LogP contribution in [0.4, 0.5) is 4.39 Å². The summed E-state index contributed by atoms with van der Waals surface area (Å²) >= 11 is 0. The second-order valence-corrected chi connectivity index (χ2v) is 4.98. The average molecular weight is 310 g/mol. The largest absolute Gasteiger partial charge is 0.480 e. The minimum Gasteiger partial charge on any atom is -0.480 e. The van der Waals surface area contributed by atoms with Gasteiger partial charge in [-0.05, 0) is 26.0 Å². The minimum atomic E-state index is -1.20. The summed E-state index contributed by atoms with van der Waals surface area (Å²) in [5.41, 5.74) is 0.505. The monoisotopic (exact) mass is 310 g/mol. The first-order valence-electron chi connectivity index (χ1n) is 6.78. The molecule has 2 N–H and O–H groups in total. The van der Waals surface area contributed by atoms with E-state index in [2.05, 4.69) is 5.32 Å². The van der Waals surface area contributed by atoms with E-state index in [9.17, 15) is 18.8 Å². The highest BCUT2D eigenvalue weighted by molar-refractivity contribution is 5.97. The van der Waals surface area contributed by atoms with Crippen LogP contribution in [0.5, 0.6) is 0 Å². The highest BCUT2D eigenvalue weighted by atomic mass is 19.1. The summed E-state index contributed by atoms with van der Waals surface area (Å²) in [6.45, 7) is 4.42. The maximum atomic E-state index is 13.8. The van der Waals surface area contributed by atoms with Crippen LogP contribution >= 0.6 is 0 Å². The van der Waals surface area contributed by atoms with Gasteiger partial charge >= 0.3 is 5.97 Å². The van der Waals surface area contributed by atoms with Gasteiger partial charge in [0.05, 0.1) is 5.56 Å². The van der Waals surface area contributed by atoms with Gasteiger partial charge in [-0.25, -0.2) is 9.18 Å². The Kier molecular flexibility index (Phi) is 6.03. The Morgan fingerprint density at radius 2 is 2.00 bits per heavy atom. The molecule has 1 unspecified atom stereocenters. The summed E-state index contributed by atoms with van der Waals surface area (Å²) in [6.07, 6.45) is 0. The van der Waals surface area contributed by atoms with E-state index in [-0.39, 0.29) is 24.6 Å². The van der Waals surface area contributed by atoms with Crippen molar-refractivity contribution in [2.75, 3.05) is 13.1 Å². The second kappa shape index (κ2) is 7.53. The van der Waals surface area contributed by atoms with Crippen LogP contribution in [0, 0.1) is 12.7 Å². The van der Waals surface area contributed by atoms with Crippen LogP contribution < -0.4 is 5.32 Å². The normalized spacial score (nSPS) is 11.6. The van der Waals surface area contributed by atoms with Gasteiger partial charge in [-0.2, -0.15) is 0 Å². The Morgan fingerprint density at radius 3 is 2.55 bits per heavy atom. The number of amides is 2. The molecule has 0 aliphatic rings. The number of carboxylic acids is 1. The molecule has 0 aromatic heterocycles. The fourth-order valence-corrected chi connectivity index (χ4v) is 1.91. The zero-order valence-corrected chi connectivity index (χ0v) is 12.7. The van der Waals surface area contributed by atoms with Crippen molar-refractivity contribution in [1.82, 2.24) is 10.2 Å². The van der Waals surface area contributed by atoms with E-state index < -0.39 is 23.7 Å². The van der Waals surface area contributed by atoms with Crippen LogP contribution in [0.3, 0.4) is 0 Å². The molecule has 0 spiro atoms. The van der Waals surface area contributed by atoms with E-state index in [1.165, 1.54) is 32.0 Å². The summed E-state index contributed by atoms with van der Waals surface area (Å²) in [5, 5.41) is 11.6. The number of benzene rings is 1. The lowest BCUT2D eigenvalue weighted by Crippen LogP contribution is -2.47. The Balaban J connectivity index is 3.03. The number of carbonyl (C=O) groups is 3. The van der Waals surface area contributed by atoms with Gasteiger partial charge < -0.3 is 15.3 Å². The first-order chi connectivity index (χ1) is 10.2. The third kappa shape index (κ3) is 4.54. The quantitative estimate of drug-likeness (QED) is 0.826. The molecule has 0 saturated carbocycles. The van der Waals surface area contributed by atoms with Gasteiger partial charge in [0.15, 0.2) is 0 Å². The molecule has 0 radical (unpaired) electrons. The molecule has 0 aliphatic heterocycles. The van der Waals surface area contributed by atoms with Crippen LogP contribution in [-0.2, 0) is 9.59 Å². The number of hydrogen-bond acceptors (Lipinski definition) is 3. The van der Waals surface area contributed by atoms with Crippen LogP contribution in [0.25, 0.3) is 0 Å². The fourth-order valence-electron chi connectivity index (χ4n) is 1.91. The summed E-state index contributed by atoms with van der Waals surface area (Å²) in [4.78, 5) is 35.5. The van der Waals surface area contributed by atoms with Crippen molar-refractivity contribution in [3.05, 3.63) is 35.1 Å². The van der Waals surface area contributed by atoms with E-state index in [1.807, 2.05) is 0 Å². The molecule has 0 fully saturated rings. The predicted molar refractivity (Wildman–Crippen MR) is 78.0 cm³/mol. The van der Waals surface area contributed by atoms with E-state index in [1.54, 1.807) is 6.92 Å². The summed E-state index contributed by atoms with van der Waals surface area (Å²) < 4.78 is 13.8. The number of aliphatic carboxylic acids is 1. The first-order valence-corrected chi connectivity index (χ1v) is 6.78. The number of carboxylic acid groups (broad SMARTS) is 1. The first kappa shape index (κ1) is 17.6. The number of hydrogen-bond donors (Lipinski definition) is 2. The molecule has 0 bridgehead atoms. The van der Waals surface area contributed by atoms with Crippen molar-refractivity contribution in [1.29, 1.82) is 0 Å². The van der Waals surface area contributed by atoms with Crippen molar-refractivity contribution in [3.63, 3.8) is 0 Å². The van der Waals surface area contributed by atoms with Gasteiger partial charge in [0, 0.05) is 20.0 Å². The number of nitrogens with one attached hydrogen (secondary N) is 1. The van der Waals surface area contributed by atoms with Gasteiger partial charge in [0.25, 0.3) is 5.91 Å². The molecular formula is C15H19FN2O4. The van der Waals surface area contributed by atoms with Crippen molar-refractivity contribution in [2.45, 2.75) is 26.8 Å². The molecule has 7 heteroatoms. The summed E-state index contributed by atoms with van der Waals surface area (Å²) in [6, 6.07) is 2.92. The Labute approximate surface area is 127 Å². The maximum Gasteiger partial charge on any atom is 0.326 e. The SMILES string of the molecule is CC(=O)NCCN(C(=O)c1cc(C)ccc1F)C(C)C(=O)O. The van der Waals surface area contributed by atoms with Crippen molar-refractivity contribution in [2.24, 2.45) is 0 Å². The zero-order valence-electron chi connectivity index (χ0n) is 12.7. The number of aryl methyl sites for hydroxylation is 1. The number of rotatable bonds is 6. The minimum absolute atomic E-state index is 0.0285. The van der Waals surface area contributed by atoms with Crippen LogP contribution in [0.15, 0.2) is 18.2 Å². The van der Waals surface area contributed by atoms with Gasteiger partial charge in [0.2, 0.25) is 5.91 Å². The Bertz CT molecular complexity index is 589. The number of halogens is 1. The molecule has 0 heterocycles. The van der Waals surface area contributed by atoms with Crippen LogP contribution in [0.1, 0.15) is 29.8 Å². The molecule has 0 aliphatic carbocycles. The second-order valence-electron chi connectivity index (χ2n) is 4.98. The molecule has 120 valence electrons. The van der Waals surface area contributed by atoms with Gasteiger partial charge in [-0.1, -0.05) is 11.6 Å². The van der Waals surface area contributed by atoms with Crippen molar-refractivity contribution < 1.29 is 23.9 Å². The molecule has 22 heavy (non-hydrogen) atoms.